The number of phosphoric acid groups is 1. The number of phosphoric ester groups is 1. The zero-order valence-corrected chi connectivity index (χ0v) is 35.0. The van der Waals surface area contributed by atoms with Crippen LogP contribution in [0, 0.1) is 0 Å². The van der Waals surface area contributed by atoms with E-state index in [0.29, 0.717) is 12.8 Å². The third-order valence-corrected chi connectivity index (χ3v) is 9.30. The quantitative estimate of drug-likeness (QED) is 0.0239. The number of carbonyl (C=O) groups is 2. The van der Waals surface area contributed by atoms with Crippen LogP contribution >= 0.6 is 7.82 Å². The molecule has 0 aliphatic rings. The maximum absolute atomic E-state index is 12.6. The molecular weight excluding hydrogens is 719 g/mol. The van der Waals surface area contributed by atoms with Gasteiger partial charge in [0.25, 0.3) is 0 Å². The third-order valence-electron chi connectivity index (χ3n) is 8.35. The molecule has 0 bridgehead atoms. The lowest BCUT2D eigenvalue weighted by Gasteiger charge is -2.20. The van der Waals surface area contributed by atoms with Crippen molar-refractivity contribution in [3.8, 4) is 0 Å². The molecule has 0 spiro atoms. The van der Waals surface area contributed by atoms with Crippen LogP contribution in [0.25, 0.3) is 0 Å². The molecule has 11 heteroatoms. The van der Waals surface area contributed by atoms with E-state index >= 15 is 0 Å². The molecular formula is C44H75O10P. The Morgan fingerprint density at radius 2 is 0.982 bits per heavy atom. The monoisotopic (exact) mass is 795 g/mol. The topological polar surface area (TPSA) is 149 Å². The van der Waals surface area contributed by atoms with E-state index in [1.165, 1.54) is 51.4 Å². The van der Waals surface area contributed by atoms with E-state index in [1.54, 1.807) is 0 Å². The third kappa shape index (κ3) is 39.4. The van der Waals surface area contributed by atoms with Crippen molar-refractivity contribution in [3.05, 3.63) is 72.9 Å². The number of aliphatic hydroxyl groups is 2. The summed E-state index contributed by atoms with van der Waals surface area (Å²) in [6.45, 7) is 2.22. The molecule has 3 atom stereocenters. The second kappa shape index (κ2) is 39.6. The maximum atomic E-state index is 12.6. The average molecular weight is 795 g/mol. The van der Waals surface area contributed by atoms with Gasteiger partial charge in [-0.15, -0.1) is 0 Å². The van der Waals surface area contributed by atoms with Crippen molar-refractivity contribution in [2.24, 2.45) is 0 Å². The van der Waals surface area contributed by atoms with Gasteiger partial charge >= 0.3 is 19.8 Å². The lowest BCUT2D eigenvalue weighted by molar-refractivity contribution is -0.161. The second-order valence-electron chi connectivity index (χ2n) is 13.7. The van der Waals surface area contributed by atoms with Crippen LogP contribution < -0.4 is 0 Å². The normalized spacial score (nSPS) is 14.6. The summed E-state index contributed by atoms with van der Waals surface area (Å²) in [5.74, 6) is -1.04. The van der Waals surface area contributed by atoms with E-state index in [0.717, 1.165) is 64.2 Å². The number of allylic oxidation sites excluding steroid dienone is 12. The summed E-state index contributed by atoms with van der Waals surface area (Å²) in [5.41, 5.74) is 0. The molecule has 0 amide bonds. The maximum Gasteiger partial charge on any atom is 0.472 e. The van der Waals surface area contributed by atoms with Crippen LogP contribution in [0.3, 0.4) is 0 Å². The Labute approximate surface area is 333 Å². The summed E-state index contributed by atoms with van der Waals surface area (Å²) >= 11 is 0. The second-order valence-corrected chi connectivity index (χ2v) is 15.1. The molecule has 0 saturated carbocycles. The van der Waals surface area contributed by atoms with Gasteiger partial charge in [0.2, 0.25) is 0 Å². The summed E-state index contributed by atoms with van der Waals surface area (Å²) in [6, 6.07) is 0. The van der Waals surface area contributed by atoms with Crippen molar-refractivity contribution in [3.63, 3.8) is 0 Å². The minimum absolute atomic E-state index is 0.0558. The van der Waals surface area contributed by atoms with Crippen molar-refractivity contribution in [1.82, 2.24) is 0 Å². The summed E-state index contributed by atoms with van der Waals surface area (Å²) in [7, 11) is -4.64. The van der Waals surface area contributed by atoms with Crippen LogP contribution in [0.15, 0.2) is 72.9 Å². The number of esters is 2. The Morgan fingerprint density at radius 3 is 1.55 bits per heavy atom. The lowest BCUT2D eigenvalue weighted by Crippen LogP contribution is -2.29. The number of hydrogen-bond donors (Lipinski definition) is 3. The van der Waals surface area contributed by atoms with Gasteiger partial charge < -0.3 is 24.6 Å². The van der Waals surface area contributed by atoms with Gasteiger partial charge in [-0.05, 0) is 77.0 Å². The Morgan fingerprint density at radius 1 is 0.545 bits per heavy atom. The van der Waals surface area contributed by atoms with Crippen molar-refractivity contribution in [2.45, 2.75) is 167 Å². The van der Waals surface area contributed by atoms with E-state index < -0.39 is 51.8 Å². The number of aliphatic hydroxyl groups excluding tert-OH is 2. The molecule has 0 aliphatic heterocycles. The summed E-state index contributed by atoms with van der Waals surface area (Å²) in [5, 5.41) is 18.3. The SMILES string of the molecule is CCCCC/C=C/C/C=C/C/C=C/C/C=C/C/C=C/CCC(=O)O[C@H](COC(=O)CCCCCCC/C=C/CCCCCC)COP(=O)(O)OC[C@@H](O)CO. The predicted molar refractivity (Wildman–Crippen MR) is 223 cm³/mol. The minimum atomic E-state index is -4.64. The summed E-state index contributed by atoms with van der Waals surface area (Å²) in [4.78, 5) is 34.9. The lowest BCUT2D eigenvalue weighted by atomic mass is 10.1. The minimum Gasteiger partial charge on any atom is -0.462 e. The summed E-state index contributed by atoms with van der Waals surface area (Å²) < 4.78 is 32.6. The molecule has 3 N–H and O–H groups in total. The molecule has 55 heavy (non-hydrogen) atoms. The van der Waals surface area contributed by atoms with Crippen LogP contribution in [-0.2, 0) is 32.7 Å². The van der Waals surface area contributed by atoms with Gasteiger partial charge in [-0.25, -0.2) is 4.57 Å². The molecule has 0 heterocycles. The number of ether oxygens (including phenoxy) is 2. The van der Waals surface area contributed by atoms with Crippen molar-refractivity contribution >= 4 is 19.8 Å². The van der Waals surface area contributed by atoms with Crippen LogP contribution in [0.2, 0.25) is 0 Å². The molecule has 0 fully saturated rings. The number of rotatable bonds is 38. The molecule has 0 aromatic heterocycles. The van der Waals surface area contributed by atoms with E-state index in [-0.39, 0.29) is 19.4 Å². The first-order valence-electron chi connectivity index (χ1n) is 20.9. The van der Waals surface area contributed by atoms with Crippen molar-refractivity contribution in [1.29, 1.82) is 0 Å². The highest BCUT2D eigenvalue weighted by atomic mass is 31.2. The molecule has 316 valence electrons. The first-order valence-corrected chi connectivity index (χ1v) is 22.4. The highest BCUT2D eigenvalue weighted by Crippen LogP contribution is 2.43. The molecule has 0 aromatic rings. The molecule has 10 nitrogen and oxygen atoms in total. The average Bonchev–Trinajstić information content (AvgIpc) is 3.17. The Balaban J connectivity index is 4.48. The van der Waals surface area contributed by atoms with Gasteiger partial charge in [-0.2, -0.15) is 0 Å². The van der Waals surface area contributed by atoms with Crippen molar-refractivity contribution in [2.75, 3.05) is 26.4 Å². The van der Waals surface area contributed by atoms with Crippen LogP contribution in [-0.4, -0.2) is 65.7 Å². The van der Waals surface area contributed by atoms with Gasteiger partial charge in [-0.3, -0.25) is 18.6 Å². The molecule has 1 unspecified atom stereocenters. The smallest absolute Gasteiger partial charge is 0.462 e. The zero-order valence-electron chi connectivity index (χ0n) is 34.1. The van der Waals surface area contributed by atoms with Gasteiger partial charge in [0, 0.05) is 12.8 Å². The van der Waals surface area contributed by atoms with Crippen LogP contribution in [0.5, 0.6) is 0 Å². The van der Waals surface area contributed by atoms with E-state index in [4.69, 9.17) is 19.1 Å². The van der Waals surface area contributed by atoms with Gasteiger partial charge in [-0.1, -0.05) is 138 Å². The van der Waals surface area contributed by atoms with Crippen LogP contribution in [0.4, 0.5) is 0 Å². The van der Waals surface area contributed by atoms with Crippen molar-refractivity contribution < 1.29 is 47.8 Å². The molecule has 0 saturated heterocycles. The fraction of sp³-hybridized carbons (Fsp3) is 0.682. The number of carbonyl (C=O) groups excluding carboxylic acids is 2. The standard InChI is InChI=1S/C44H75O10P/c1-3-5-7-9-11-13-15-17-18-19-20-21-22-24-26-28-30-32-34-36-44(48)54-42(40-53-55(49,50)52-38-41(46)37-45)39-51-43(47)35-33-31-29-27-25-23-16-14-12-10-8-6-4-2/h11,13-14,16-18,20-21,24,26,30,32,41-42,45-46H,3-10,12,15,19,22-23,25,27-29,31,33-40H2,1-2H3,(H,49,50)/b13-11+,16-14+,18-17+,21-20+,26-24+,32-30+/t41-,42+/m0/s1. The number of unbranched alkanes of at least 4 members (excludes halogenated alkanes) is 12. The first-order chi connectivity index (χ1) is 26.7. The highest BCUT2D eigenvalue weighted by Gasteiger charge is 2.27. The predicted octanol–water partition coefficient (Wildman–Crippen LogP) is 10.9. The van der Waals surface area contributed by atoms with Gasteiger partial charge in [0.05, 0.1) is 19.8 Å². The van der Waals surface area contributed by atoms with Gasteiger partial charge in [0.15, 0.2) is 6.10 Å². The Kier molecular flexibility index (Phi) is 37.8. The fourth-order valence-corrected chi connectivity index (χ4v) is 5.88. The summed E-state index contributed by atoms with van der Waals surface area (Å²) in [6.07, 6.45) is 44.5. The molecule has 0 aromatic carbocycles. The van der Waals surface area contributed by atoms with Gasteiger partial charge in [0.1, 0.15) is 12.7 Å². The number of hydrogen-bond acceptors (Lipinski definition) is 9. The first kappa shape index (κ1) is 52.4. The largest absolute Gasteiger partial charge is 0.472 e. The molecule has 0 radical (unpaired) electrons. The van der Waals surface area contributed by atoms with E-state index in [9.17, 15) is 24.2 Å². The molecule has 0 rings (SSSR count). The van der Waals surface area contributed by atoms with E-state index in [2.05, 4.69) is 79.1 Å². The van der Waals surface area contributed by atoms with Crippen LogP contribution in [0.1, 0.15) is 155 Å². The Hall–Kier alpha value is -2.59. The van der Waals surface area contributed by atoms with E-state index in [1.807, 2.05) is 12.2 Å². The Bertz CT molecular complexity index is 1140. The highest BCUT2D eigenvalue weighted by molar-refractivity contribution is 7.47. The molecule has 0 aliphatic carbocycles. The zero-order chi connectivity index (χ0) is 40.5. The fourth-order valence-electron chi connectivity index (χ4n) is 5.09.